The number of aliphatic hydroxyl groups excluding tert-OH is 5. The predicted octanol–water partition coefficient (Wildman–Crippen LogP) is 9.11. The average molecular weight is 1180 g/mol. The van der Waals surface area contributed by atoms with Crippen molar-refractivity contribution in [2.75, 3.05) is 26.4 Å². The van der Waals surface area contributed by atoms with E-state index in [1.54, 1.807) is 0 Å². The molecule has 0 unspecified atom stereocenters. The number of phosphoric ester groups is 1. The molecule has 2 fully saturated rings. The monoisotopic (exact) mass is 1180 g/mol. The number of carbonyl (C=O) groups is 3. The van der Waals surface area contributed by atoms with Gasteiger partial charge in [0, 0.05) is 13.0 Å². The number of nitrogens with two attached hydrogens (primary N) is 1. The third-order valence-electron chi connectivity index (χ3n) is 15.7. The van der Waals surface area contributed by atoms with Crippen LogP contribution >= 0.6 is 7.82 Å². The van der Waals surface area contributed by atoms with Gasteiger partial charge in [-0.25, -0.2) is 4.57 Å². The second kappa shape index (κ2) is 47.3. The van der Waals surface area contributed by atoms with Gasteiger partial charge >= 0.3 is 13.8 Å². The molecular formula is C60H116N3O17P. The van der Waals surface area contributed by atoms with Crippen molar-refractivity contribution < 1.29 is 82.5 Å². The van der Waals surface area contributed by atoms with Crippen molar-refractivity contribution >= 4 is 25.6 Å². The van der Waals surface area contributed by atoms with Crippen molar-refractivity contribution in [2.24, 2.45) is 5.73 Å². The molecule has 478 valence electrons. The first kappa shape index (κ1) is 75.2. The van der Waals surface area contributed by atoms with Crippen LogP contribution in [-0.2, 0) is 47.2 Å². The Morgan fingerprint density at radius 3 is 1.48 bits per heavy atom. The van der Waals surface area contributed by atoms with E-state index in [1.807, 2.05) is 0 Å². The SMILES string of the molecule is CCCCCCCCCCCC(=O)O[C@H](CCCCCCCCCCC)CC(=O)N[C@H]1[C@H](OC[C@H]2O[C@H](OCCCCCCCCN)[C@H](NC(=O)C[C@H](O)CCCCCCCCCCC)[C@@H](O)[C@@H]2O)O[C@H](CO)[C@@H](OP(=O)(O)O)[C@@H]1O. The molecule has 0 aliphatic carbocycles. The molecule has 81 heavy (non-hydrogen) atoms. The molecule has 0 spiro atoms. The van der Waals surface area contributed by atoms with Crippen LogP contribution < -0.4 is 16.4 Å². The molecule has 0 aromatic carbocycles. The lowest BCUT2D eigenvalue weighted by molar-refractivity contribution is -0.302. The molecule has 2 saturated heterocycles. The molecule has 0 bridgehead atoms. The van der Waals surface area contributed by atoms with E-state index in [0.29, 0.717) is 38.6 Å². The van der Waals surface area contributed by atoms with Gasteiger partial charge in [0.2, 0.25) is 11.8 Å². The zero-order valence-corrected chi connectivity index (χ0v) is 51.3. The Morgan fingerprint density at radius 1 is 0.543 bits per heavy atom. The quantitative estimate of drug-likeness (QED) is 0.0154. The topological polar surface area (TPSA) is 315 Å². The highest BCUT2D eigenvalue weighted by Gasteiger charge is 2.51. The van der Waals surface area contributed by atoms with Crippen LogP contribution in [0.5, 0.6) is 0 Å². The second-order valence-corrected chi connectivity index (χ2v) is 24.3. The highest BCUT2D eigenvalue weighted by molar-refractivity contribution is 7.46. The minimum Gasteiger partial charge on any atom is -0.462 e. The van der Waals surface area contributed by atoms with E-state index in [0.717, 1.165) is 103 Å². The largest absolute Gasteiger partial charge is 0.470 e. The van der Waals surface area contributed by atoms with Gasteiger partial charge in [0.05, 0.1) is 32.2 Å². The second-order valence-electron chi connectivity index (χ2n) is 23.1. The van der Waals surface area contributed by atoms with Crippen LogP contribution in [0.4, 0.5) is 0 Å². The van der Waals surface area contributed by atoms with Crippen molar-refractivity contribution in [3.05, 3.63) is 0 Å². The van der Waals surface area contributed by atoms with E-state index >= 15 is 0 Å². The van der Waals surface area contributed by atoms with Crippen LogP contribution in [0.3, 0.4) is 0 Å². The Kier molecular flexibility index (Phi) is 43.9. The van der Waals surface area contributed by atoms with Gasteiger partial charge in [-0.05, 0) is 45.1 Å². The van der Waals surface area contributed by atoms with E-state index < -0.39 is 112 Å². The standard InChI is InChI=1S/C60H116N3O17P/c1-4-7-10-13-16-19-22-27-32-37-46(65)42-50(66)62-53-56(70)55(69)49(79-59(53)75-41-36-31-26-25-30-35-40-61)45-76-60-54(57(71)58(48(44-64)78-60)80-81(72,73)74)63-51(67)43-47(38-33-28-23-20-17-14-11-8-5-2)77-52(68)39-34-29-24-21-18-15-12-9-6-3/h46-49,53-60,64-65,69-71H,4-45,61H2,1-3H3,(H,62,66)(H,63,67)(H2,72,73,74)/t46-,47-,48-,49-,53-,54-,55-,56-,57-,58-,59+,60-/m1/s1. The van der Waals surface area contributed by atoms with Gasteiger partial charge in [-0.3, -0.25) is 18.9 Å². The molecule has 0 saturated carbocycles. The van der Waals surface area contributed by atoms with E-state index in [4.69, 9.17) is 33.9 Å². The number of ether oxygens (including phenoxy) is 5. The number of rotatable bonds is 52. The van der Waals surface area contributed by atoms with Gasteiger partial charge in [-0.15, -0.1) is 0 Å². The van der Waals surface area contributed by atoms with Crippen LogP contribution in [0.1, 0.15) is 265 Å². The number of esters is 1. The molecule has 2 aliphatic rings. The third-order valence-corrected chi connectivity index (χ3v) is 16.2. The summed E-state index contributed by atoms with van der Waals surface area (Å²) in [5, 5.41) is 61.4. The highest BCUT2D eigenvalue weighted by Crippen LogP contribution is 2.41. The fourth-order valence-electron chi connectivity index (χ4n) is 10.8. The smallest absolute Gasteiger partial charge is 0.462 e. The van der Waals surface area contributed by atoms with E-state index in [9.17, 15) is 54.3 Å². The number of unbranched alkanes of at least 4 members (excludes halogenated alkanes) is 29. The lowest BCUT2D eigenvalue weighted by Crippen LogP contribution is -2.67. The summed E-state index contributed by atoms with van der Waals surface area (Å²) < 4.78 is 47.4. The number of amides is 2. The van der Waals surface area contributed by atoms with Crippen molar-refractivity contribution in [2.45, 2.75) is 338 Å². The summed E-state index contributed by atoms with van der Waals surface area (Å²) in [7, 11) is -5.31. The maximum Gasteiger partial charge on any atom is 0.470 e. The van der Waals surface area contributed by atoms with Crippen LogP contribution in [0, 0.1) is 0 Å². The van der Waals surface area contributed by atoms with E-state index in [2.05, 4.69) is 31.4 Å². The zero-order valence-electron chi connectivity index (χ0n) is 50.4. The molecule has 2 aliphatic heterocycles. The van der Waals surface area contributed by atoms with Crippen molar-refractivity contribution in [1.82, 2.24) is 10.6 Å². The normalized spacial score (nSPS) is 24.0. The van der Waals surface area contributed by atoms with Crippen LogP contribution in [0.25, 0.3) is 0 Å². The molecule has 2 rings (SSSR count). The molecule has 2 amide bonds. The first-order chi connectivity index (χ1) is 39.1. The number of aliphatic hydroxyl groups is 5. The molecule has 0 aromatic rings. The van der Waals surface area contributed by atoms with Crippen LogP contribution in [0.15, 0.2) is 0 Å². The van der Waals surface area contributed by atoms with Crippen LogP contribution in [0.2, 0.25) is 0 Å². The zero-order chi connectivity index (χ0) is 59.5. The lowest BCUT2D eigenvalue weighted by Gasteiger charge is -2.45. The first-order valence-corrected chi connectivity index (χ1v) is 33.7. The van der Waals surface area contributed by atoms with Gasteiger partial charge in [0.1, 0.15) is 54.8 Å². The van der Waals surface area contributed by atoms with Crippen molar-refractivity contribution in [3.63, 3.8) is 0 Å². The fraction of sp³-hybridized carbons (Fsp3) is 0.950. The summed E-state index contributed by atoms with van der Waals surface area (Å²) in [5.74, 6) is -1.71. The molecule has 20 nitrogen and oxygen atoms in total. The number of hydrogen-bond acceptors (Lipinski definition) is 16. The van der Waals surface area contributed by atoms with E-state index in [1.165, 1.54) is 89.9 Å². The van der Waals surface area contributed by atoms with Gasteiger partial charge < -0.3 is 75.4 Å². The third kappa shape index (κ3) is 35.4. The van der Waals surface area contributed by atoms with Gasteiger partial charge in [0.25, 0.3) is 0 Å². The summed E-state index contributed by atoms with van der Waals surface area (Å²) in [4.78, 5) is 60.3. The Morgan fingerprint density at radius 2 is 0.975 bits per heavy atom. The van der Waals surface area contributed by atoms with Crippen molar-refractivity contribution in [1.29, 1.82) is 0 Å². The Bertz CT molecular complexity index is 1620. The summed E-state index contributed by atoms with van der Waals surface area (Å²) in [5.41, 5.74) is 5.65. The summed E-state index contributed by atoms with van der Waals surface area (Å²) in [6.07, 6.45) is 20.1. The Hall–Kier alpha value is -1.88. The fourth-order valence-corrected chi connectivity index (χ4v) is 11.4. The maximum absolute atomic E-state index is 14.1. The average Bonchev–Trinajstić information content (AvgIpc) is 3.43. The molecule has 2 heterocycles. The minimum absolute atomic E-state index is 0.172. The molecule has 21 heteroatoms. The Balaban J connectivity index is 2.24. The summed E-state index contributed by atoms with van der Waals surface area (Å²) >= 11 is 0. The molecule has 0 aromatic heterocycles. The van der Waals surface area contributed by atoms with E-state index in [-0.39, 0.29) is 25.9 Å². The number of hydrogen-bond donors (Lipinski definition) is 10. The van der Waals surface area contributed by atoms with Crippen molar-refractivity contribution in [3.8, 4) is 0 Å². The first-order valence-electron chi connectivity index (χ1n) is 32.2. The molecule has 0 radical (unpaired) electrons. The number of nitrogens with one attached hydrogen (secondary N) is 2. The van der Waals surface area contributed by atoms with Gasteiger partial charge in [-0.2, -0.15) is 0 Å². The minimum atomic E-state index is -5.31. The Labute approximate surface area is 487 Å². The summed E-state index contributed by atoms with van der Waals surface area (Å²) in [6.45, 7) is 5.87. The number of carbonyl (C=O) groups excluding carboxylic acids is 3. The molecule has 12 atom stereocenters. The maximum atomic E-state index is 14.1. The summed E-state index contributed by atoms with van der Waals surface area (Å²) in [6, 6.07) is -2.88. The lowest BCUT2D eigenvalue weighted by atomic mass is 9.95. The van der Waals surface area contributed by atoms with Gasteiger partial charge in [-0.1, -0.05) is 207 Å². The van der Waals surface area contributed by atoms with Crippen LogP contribution in [-0.4, -0.2) is 153 Å². The highest BCUT2D eigenvalue weighted by atomic mass is 31.2. The molecule has 11 N–H and O–H groups in total. The predicted molar refractivity (Wildman–Crippen MR) is 313 cm³/mol. The van der Waals surface area contributed by atoms with Gasteiger partial charge in [0.15, 0.2) is 12.6 Å². The molecular weight excluding hydrogens is 1070 g/mol. The number of phosphoric acid groups is 1.